The fourth-order valence-corrected chi connectivity index (χ4v) is 6.50. The first-order valence-corrected chi connectivity index (χ1v) is 14.5. The molecule has 1 saturated carbocycles. The Morgan fingerprint density at radius 1 is 1.07 bits per heavy atom. The summed E-state index contributed by atoms with van der Waals surface area (Å²) in [5.41, 5.74) is 3.75. The number of aromatic nitrogens is 6. The van der Waals surface area contributed by atoms with Gasteiger partial charge in [-0.15, -0.1) is 0 Å². The van der Waals surface area contributed by atoms with E-state index in [1.54, 1.807) is 66.1 Å². The van der Waals surface area contributed by atoms with E-state index < -0.39 is 11.5 Å². The van der Waals surface area contributed by atoms with Crippen LogP contribution in [-0.4, -0.2) is 48.0 Å². The number of ether oxygens (including phenoxy) is 1. The molecule has 3 aromatic heterocycles. The number of imidazole rings is 1. The molecule has 9 nitrogen and oxygen atoms in total. The maximum atomic E-state index is 15.9. The van der Waals surface area contributed by atoms with E-state index in [4.69, 9.17) is 9.84 Å². The number of nitrogens with one attached hydrogen (secondary N) is 1. The van der Waals surface area contributed by atoms with Crippen molar-refractivity contribution >= 4 is 10.9 Å². The van der Waals surface area contributed by atoms with E-state index in [2.05, 4.69) is 17.3 Å². The summed E-state index contributed by atoms with van der Waals surface area (Å²) >= 11 is 0. The lowest BCUT2D eigenvalue weighted by Gasteiger charge is -2.27. The van der Waals surface area contributed by atoms with Crippen LogP contribution in [0.2, 0.25) is 0 Å². The fourth-order valence-electron chi connectivity index (χ4n) is 6.50. The third kappa shape index (κ3) is 3.69. The molecule has 1 N–H and O–H groups in total. The number of hydrogen-bond donors (Lipinski definition) is 1. The summed E-state index contributed by atoms with van der Waals surface area (Å²) < 4.78 is 42.4. The van der Waals surface area contributed by atoms with Crippen LogP contribution in [0.5, 0.6) is 0 Å². The number of nitrogens with zero attached hydrogens (tertiary/aromatic N) is 6. The molecule has 0 bridgehead atoms. The molecule has 0 amide bonds. The van der Waals surface area contributed by atoms with E-state index in [-0.39, 0.29) is 29.1 Å². The summed E-state index contributed by atoms with van der Waals surface area (Å²) in [4.78, 5) is 14.1. The van der Waals surface area contributed by atoms with Crippen molar-refractivity contribution in [1.82, 2.24) is 34.0 Å². The van der Waals surface area contributed by atoms with Crippen LogP contribution in [0, 0.1) is 25.5 Å². The Morgan fingerprint density at radius 3 is 2.50 bits per heavy atom. The van der Waals surface area contributed by atoms with Crippen molar-refractivity contribution in [2.75, 3.05) is 13.2 Å². The first-order valence-electron chi connectivity index (χ1n) is 14.5. The molecule has 3 aliphatic rings. The SMILES string of the molecule is Cc1cc(-n2nc3c(c2-n2ccn(-c4ccc5nn(C[C@@H]6CCO6)cc5c4F)c2=O)[C@H](C)NCC32CC2)cc(C)c1F. The Bertz CT molecular complexity index is 1930. The minimum absolute atomic E-state index is 0.0635. The van der Waals surface area contributed by atoms with Gasteiger partial charge in [-0.25, -0.2) is 18.3 Å². The highest BCUT2D eigenvalue weighted by atomic mass is 19.1. The molecule has 42 heavy (non-hydrogen) atoms. The molecule has 216 valence electrons. The van der Waals surface area contributed by atoms with Crippen LogP contribution >= 0.6 is 0 Å². The minimum atomic E-state index is -0.514. The molecule has 8 rings (SSSR count). The van der Waals surface area contributed by atoms with E-state index in [0.29, 0.717) is 40.1 Å². The van der Waals surface area contributed by atoms with Crippen molar-refractivity contribution in [3.8, 4) is 17.2 Å². The lowest BCUT2D eigenvalue weighted by molar-refractivity contribution is -0.0608. The zero-order valence-corrected chi connectivity index (χ0v) is 23.7. The molecule has 0 unspecified atom stereocenters. The van der Waals surface area contributed by atoms with Crippen LogP contribution in [0.3, 0.4) is 0 Å². The summed E-state index contributed by atoms with van der Waals surface area (Å²) in [6.45, 7) is 7.63. The molecule has 2 aromatic carbocycles. The van der Waals surface area contributed by atoms with Crippen molar-refractivity contribution in [2.24, 2.45) is 0 Å². The minimum Gasteiger partial charge on any atom is -0.376 e. The van der Waals surface area contributed by atoms with E-state index >= 15 is 4.39 Å². The largest absolute Gasteiger partial charge is 0.376 e. The van der Waals surface area contributed by atoms with Crippen LogP contribution in [-0.2, 0) is 16.7 Å². The zero-order valence-electron chi connectivity index (χ0n) is 23.7. The Kier molecular flexibility index (Phi) is 5.46. The smallest absolute Gasteiger partial charge is 0.338 e. The summed E-state index contributed by atoms with van der Waals surface area (Å²) in [5, 5.41) is 13.5. The molecule has 5 heterocycles. The summed E-state index contributed by atoms with van der Waals surface area (Å²) in [6.07, 6.45) is 7.98. The van der Waals surface area contributed by atoms with Gasteiger partial charge in [0.05, 0.1) is 40.6 Å². The maximum Gasteiger partial charge on any atom is 0.338 e. The first kappa shape index (κ1) is 25.6. The van der Waals surface area contributed by atoms with Crippen LogP contribution in [0.15, 0.2) is 47.7 Å². The Labute approximate surface area is 240 Å². The molecule has 2 fully saturated rings. The van der Waals surface area contributed by atoms with Gasteiger partial charge in [0.25, 0.3) is 0 Å². The normalized spacial score (nSPS) is 20.7. The second-order valence-corrected chi connectivity index (χ2v) is 12.1. The van der Waals surface area contributed by atoms with Gasteiger partial charge in [0.2, 0.25) is 0 Å². The van der Waals surface area contributed by atoms with Gasteiger partial charge in [-0.05, 0) is 75.4 Å². The van der Waals surface area contributed by atoms with Gasteiger partial charge in [0.1, 0.15) is 11.6 Å². The molecule has 5 aromatic rings. The molecule has 1 spiro atoms. The maximum absolute atomic E-state index is 15.9. The monoisotopic (exact) mass is 571 g/mol. The predicted molar refractivity (Wildman–Crippen MR) is 153 cm³/mol. The third-order valence-corrected chi connectivity index (χ3v) is 9.20. The average molecular weight is 572 g/mol. The fraction of sp³-hybridized carbons (Fsp3) is 0.387. The topological polar surface area (TPSA) is 83.8 Å². The highest BCUT2D eigenvalue weighted by Gasteiger charge is 2.52. The second kappa shape index (κ2) is 8.95. The van der Waals surface area contributed by atoms with Crippen molar-refractivity contribution in [1.29, 1.82) is 0 Å². The van der Waals surface area contributed by atoms with Gasteiger partial charge in [-0.3, -0.25) is 13.8 Å². The second-order valence-electron chi connectivity index (χ2n) is 12.1. The van der Waals surface area contributed by atoms with Gasteiger partial charge < -0.3 is 10.1 Å². The lowest BCUT2D eigenvalue weighted by atomic mass is 9.90. The highest BCUT2D eigenvalue weighted by Crippen LogP contribution is 2.53. The number of rotatable bonds is 5. The standard InChI is InChI=1S/C31H31F2N7O2/c1-17-12-20(13-18(2)26(17)32)40-29(25-19(3)34-16-31(7-8-31)28(25)36-40)39-10-9-38(30(39)41)24-5-4-23-22(27(24)33)15-37(35-23)14-21-6-11-42-21/h4-5,9-10,12-13,15,19,21,34H,6-8,11,14,16H2,1-3H3/t19-,21-/m0/s1. The van der Waals surface area contributed by atoms with Gasteiger partial charge in [-0.1, -0.05) is 0 Å². The zero-order chi connectivity index (χ0) is 28.9. The molecule has 11 heteroatoms. The predicted octanol–water partition coefficient (Wildman–Crippen LogP) is 4.54. The third-order valence-electron chi connectivity index (χ3n) is 9.20. The molecule has 1 aliphatic carbocycles. The highest BCUT2D eigenvalue weighted by molar-refractivity contribution is 5.81. The molecule has 0 radical (unpaired) electrons. The Hall–Kier alpha value is -4.09. The van der Waals surface area contributed by atoms with Crippen molar-refractivity contribution in [3.63, 3.8) is 0 Å². The first-order chi connectivity index (χ1) is 20.2. The van der Waals surface area contributed by atoms with Gasteiger partial charge in [0, 0.05) is 48.8 Å². The molecular formula is C31H31F2N7O2. The van der Waals surface area contributed by atoms with Gasteiger partial charge in [-0.2, -0.15) is 10.2 Å². The number of fused-ring (bicyclic) bond motifs is 3. The quantitative estimate of drug-likeness (QED) is 0.335. The van der Waals surface area contributed by atoms with Gasteiger partial charge >= 0.3 is 5.69 Å². The van der Waals surface area contributed by atoms with Gasteiger partial charge in [0.15, 0.2) is 5.82 Å². The number of benzene rings is 2. The van der Waals surface area contributed by atoms with E-state index in [1.165, 1.54) is 9.13 Å². The average Bonchev–Trinajstić information content (AvgIpc) is 3.25. The molecular weight excluding hydrogens is 540 g/mol. The van der Waals surface area contributed by atoms with Crippen molar-refractivity contribution in [2.45, 2.75) is 64.1 Å². The lowest BCUT2D eigenvalue weighted by Crippen LogP contribution is -2.36. The van der Waals surface area contributed by atoms with E-state index in [9.17, 15) is 9.18 Å². The Morgan fingerprint density at radius 2 is 1.81 bits per heavy atom. The summed E-state index contributed by atoms with van der Waals surface area (Å²) in [6, 6.07) is 6.76. The van der Waals surface area contributed by atoms with Crippen molar-refractivity contribution < 1.29 is 13.5 Å². The van der Waals surface area contributed by atoms with Crippen LogP contribution in [0.25, 0.3) is 28.1 Å². The molecule has 1 saturated heterocycles. The number of aryl methyl sites for hydroxylation is 2. The number of halogens is 2. The van der Waals surface area contributed by atoms with Crippen LogP contribution in [0.4, 0.5) is 8.78 Å². The van der Waals surface area contributed by atoms with E-state index in [1.807, 2.05) is 0 Å². The molecule has 2 atom stereocenters. The summed E-state index contributed by atoms with van der Waals surface area (Å²) in [5.74, 6) is -0.191. The number of hydrogen-bond acceptors (Lipinski definition) is 5. The van der Waals surface area contributed by atoms with Crippen LogP contribution < -0.4 is 11.0 Å². The van der Waals surface area contributed by atoms with E-state index in [0.717, 1.165) is 43.7 Å². The van der Waals surface area contributed by atoms with Crippen LogP contribution in [0.1, 0.15) is 54.6 Å². The molecule has 2 aliphatic heterocycles. The van der Waals surface area contributed by atoms with Crippen molar-refractivity contribution in [3.05, 3.63) is 87.4 Å². The Balaban J connectivity index is 1.29. The summed E-state index contributed by atoms with van der Waals surface area (Å²) in [7, 11) is 0.